The van der Waals surface area contributed by atoms with Crippen LogP contribution in [0.2, 0.25) is 0 Å². The minimum absolute atomic E-state index is 1.32. The van der Waals surface area contributed by atoms with Crippen LogP contribution < -0.4 is 0 Å². The van der Waals surface area contributed by atoms with Crippen molar-refractivity contribution in [2.24, 2.45) is 0 Å². The maximum atomic E-state index is 4.82. The lowest BCUT2D eigenvalue weighted by atomic mass is 10.6. The molecule has 0 atom stereocenters. The molecule has 0 saturated carbocycles. The molecule has 0 aliphatic heterocycles. The van der Waals surface area contributed by atoms with Crippen molar-refractivity contribution in [1.29, 1.82) is 0 Å². The van der Waals surface area contributed by atoms with Crippen LogP contribution >= 0.6 is 0 Å². The number of hydrogen-bond donors (Lipinski definition) is 0. The largest absolute Gasteiger partial charge is 0.115 e. The maximum Gasteiger partial charge on any atom is -0.00857 e. The summed E-state index contributed by atoms with van der Waals surface area (Å²) in [6.45, 7) is 4.82. The lowest BCUT2D eigenvalue weighted by Gasteiger charge is -1.51. The second-order valence-electron chi connectivity index (χ2n) is 0.526. The Morgan fingerprint density at radius 1 is 1.60 bits per heavy atom. The number of rotatable bonds is 0. The van der Waals surface area contributed by atoms with Crippen molar-refractivity contribution in [3.63, 3.8) is 0 Å². The third-order valence-corrected chi connectivity index (χ3v) is 0.192. The van der Waals surface area contributed by atoms with Crippen LogP contribution in [0.3, 0.4) is 0 Å². The number of hydrogen-bond acceptors (Lipinski definition) is 0. The van der Waals surface area contributed by atoms with E-state index in [1.807, 2.05) is 0 Å². The quantitative estimate of drug-likeness (QED) is 0.367. The highest BCUT2D eigenvalue weighted by atomic mass is 13.5. The lowest BCUT2D eigenvalue weighted by molar-refractivity contribution is 2.07. The lowest BCUT2D eigenvalue weighted by Crippen LogP contribution is -1.36. The van der Waals surface area contributed by atoms with Crippen LogP contribution in [0.15, 0.2) is 12.2 Å². The summed E-state index contributed by atoms with van der Waals surface area (Å²) in [5, 5.41) is 0. The molecule has 2 radical (unpaired) electrons. The molecule has 0 heteroatoms. The predicted octanol–water partition coefficient (Wildman–Crippen LogP) is 0.887. The summed E-state index contributed by atoms with van der Waals surface area (Å²) in [7, 11) is 0. The van der Waals surface area contributed by atoms with Gasteiger partial charge in [-0.3, -0.25) is 0 Å². The first-order valence-corrected chi connectivity index (χ1v) is 1.24. The zero-order chi connectivity index (χ0) is 4.12. The molecule has 0 heterocycles. The monoisotopic (exact) mass is 64.0 g/mol. The molecule has 0 amide bonds. The molecule has 5 heavy (non-hydrogen) atoms. The fourth-order valence-electron chi connectivity index (χ4n) is 0.0556. The van der Waals surface area contributed by atoms with Crippen molar-refractivity contribution in [2.45, 2.75) is 0 Å². The Balaban J connectivity index is 3.04. The van der Waals surface area contributed by atoms with Crippen molar-refractivity contribution < 1.29 is 0 Å². The van der Waals surface area contributed by atoms with Crippen molar-refractivity contribution in [2.75, 3.05) is 0 Å². The van der Waals surface area contributed by atoms with Gasteiger partial charge in [-0.25, -0.2) is 0 Å². The summed E-state index contributed by atoms with van der Waals surface area (Å²) in [6.07, 6.45) is 7.47. The fourth-order valence-corrected chi connectivity index (χ4v) is 0.0556. The fraction of sp³-hybridized carbons (Fsp3) is 0. The summed E-state index contributed by atoms with van der Waals surface area (Å²) >= 11 is 0. The Bertz CT molecular complexity index is 62.6. The summed E-state index contributed by atoms with van der Waals surface area (Å²) < 4.78 is 0. The SMILES string of the molecule is [CH]/C=C/C#C. The van der Waals surface area contributed by atoms with Gasteiger partial charge in [0.2, 0.25) is 0 Å². The third kappa shape index (κ3) is 3.30. The molecule has 0 rings (SSSR count). The van der Waals surface area contributed by atoms with Gasteiger partial charge in [0.15, 0.2) is 0 Å². The summed E-state index contributed by atoms with van der Waals surface area (Å²) in [4.78, 5) is 0. The van der Waals surface area contributed by atoms with Crippen LogP contribution in [0.1, 0.15) is 0 Å². The number of terminal acetylenes is 1. The standard InChI is InChI=1S/C5H4/c1-3-5-4-2/h1-3,5H/b5-3+. The van der Waals surface area contributed by atoms with E-state index in [1.165, 1.54) is 12.2 Å². The van der Waals surface area contributed by atoms with Crippen LogP contribution in [-0.2, 0) is 0 Å². The smallest absolute Gasteiger partial charge is 0.00857 e. The van der Waals surface area contributed by atoms with Gasteiger partial charge < -0.3 is 0 Å². The van der Waals surface area contributed by atoms with Crippen molar-refractivity contribution in [3.8, 4) is 12.3 Å². The Kier molecular flexibility index (Phi) is 2.84. The van der Waals surface area contributed by atoms with Crippen molar-refractivity contribution in [1.82, 2.24) is 0 Å². The molecular weight excluding hydrogens is 60.1 g/mol. The van der Waals surface area contributed by atoms with E-state index < -0.39 is 0 Å². The van der Waals surface area contributed by atoms with Crippen LogP contribution in [0, 0.1) is 19.3 Å². The van der Waals surface area contributed by atoms with Crippen LogP contribution in [0.4, 0.5) is 0 Å². The summed E-state index contributed by atoms with van der Waals surface area (Å²) in [6, 6.07) is 0. The molecule has 0 nitrogen and oxygen atoms in total. The van der Waals surface area contributed by atoms with Gasteiger partial charge in [0.25, 0.3) is 0 Å². The minimum atomic E-state index is 1.32. The Labute approximate surface area is 32.5 Å². The first-order chi connectivity index (χ1) is 2.41. The molecule has 0 aromatic heterocycles. The minimum Gasteiger partial charge on any atom is -0.115 e. The predicted molar refractivity (Wildman–Crippen MR) is 22.3 cm³/mol. The zero-order valence-corrected chi connectivity index (χ0v) is 2.81. The molecule has 0 aliphatic rings. The van der Waals surface area contributed by atoms with E-state index in [0.29, 0.717) is 0 Å². The van der Waals surface area contributed by atoms with Gasteiger partial charge in [-0.2, -0.15) is 0 Å². The van der Waals surface area contributed by atoms with Gasteiger partial charge in [-0.1, -0.05) is 12.0 Å². The van der Waals surface area contributed by atoms with Gasteiger partial charge in [0.05, 0.1) is 0 Å². The second-order valence-corrected chi connectivity index (χ2v) is 0.526. The molecular formula is C5H4. The molecule has 0 aliphatic carbocycles. The summed E-state index contributed by atoms with van der Waals surface area (Å²) in [5.74, 6) is 2.21. The highest BCUT2D eigenvalue weighted by Crippen LogP contribution is 1.57. The first-order valence-electron chi connectivity index (χ1n) is 1.24. The number of allylic oxidation sites excluding steroid dienone is 2. The highest BCUT2D eigenvalue weighted by molar-refractivity contribution is 5.09. The van der Waals surface area contributed by atoms with Crippen molar-refractivity contribution >= 4 is 0 Å². The van der Waals surface area contributed by atoms with E-state index >= 15 is 0 Å². The van der Waals surface area contributed by atoms with Crippen LogP contribution in [0.5, 0.6) is 0 Å². The van der Waals surface area contributed by atoms with E-state index in [0.717, 1.165) is 0 Å². The molecule has 0 aromatic carbocycles. The summed E-state index contributed by atoms with van der Waals surface area (Å²) in [5.41, 5.74) is 0. The Morgan fingerprint density at radius 3 is 2.20 bits per heavy atom. The highest BCUT2D eigenvalue weighted by Gasteiger charge is 1.41. The normalized spacial score (nSPS) is 8.00. The van der Waals surface area contributed by atoms with E-state index in [1.54, 1.807) is 0 Å². The topological polar surface area (TPSA) is 0 Å². The van der Waals surface area contributed by atoms with Crippen molar-refractivity contribution in [3.05, 3.63) is 19.1 Å². The van der Waals surface area contributed by atoms with E-state index in [-0.39, 0.29) is 0 Å². The molecule has 0 bridgehead atoms. The molecule has 0 aromatic rings. The Morgan fingerprint density at radius 2 is 2.20 bits per heavy atom. The third-order valence-electron chi connectivity index (χ3n) is 0.192. The molecule has 0 unspecified atom stereocenters. The van der Waals surface area contributed by atoms with Gasteiger partial charge in [0.1, 0.15) is 0 Å². The molecule has 0 N–H and O–H groups in total. The molecule has 24 valence electrons. The second kappa shape index (κ2) is 3.30. The van der Waals surface area contributed by atoms with Crippen LogP contribution in [0.25, 0.3) is 0 Å². The van der Waals surface area contributed by atoms with E-state index in [2.05, 4.69) is 5.92 Å². The van der Waals surface area contributed by atoms with Gasteiger partial charge >= 0.3 is 0 Å². The average Bonchev–Trinajstić information content (AvgIpc) is 1.41. The average molecular weight is 64.1 g/mol. The molecule has 0 fully saturated rings. The van der Waals surface area contributed by atoms with E-state index in [4.69, 9.17) is 13.3 Å². The Hall–Kier alpha value is -0.700. The van der Waals surface area contributed by atoms with Crippen LogP contribution in [-0.4, -0.2) is 0 Å². The molecule has 0 saturated heterocycles. The van der Waals surface area contributed by atoms with Gasteiger partial charge in [-0.15, -0.1) is 6.42 Å². The molecule has 0 spiro atoms. The van der Waals surface area contributed by atoms with E-state index in [9.17, 15) is 0 Å². The maximum absolute atomic E-state index is 4.82. The first kappa shape index (κ1) is 4.30. The van der Waals surface area contributed by atoms with Gasteiger partial charge in [-0.05, 0) is 13.0 Å². The zero-order valence-electron chi connectivity index (χ0n) is 2.81. The van der Waals surface area contributed by atoms with Gasteiger partial charge in [0, 0.05) is 0 Å².